The zero-order valence-electron chi connectivity index (χ0n) is 13.6. The Bertz CT molecular complexity index is 602. The molecule has 0 aromatic heterocycles. The van der Waals surface area contributed by atoms with Gasteiger partial charge >= 0.3 is 12.0 Å². The molecule has 2 aliphatic rings. The van der Waals surface area contributed by atoms with Gasteiger partial charge in [-0.05, 0) is 37.2 Å². The molecule has 1 aromatic carbocycles. The van der Waals surface area contributed by atoms with Crippen molar-refractivity contribution in [2.45, 2.75) is 37.2 Å². The van der Waals surface area contributed by atoms with E-state index in [-0.39, 0.29) is 19.0 Å². The topological polar surface area (TPSA) is 89.9 Å². The summed E-state index contributed by atoms with van der Waals surface area (Å²) in [6.45, 7) is 0.851. The third-order valence-electron chi connectivity index (χ3n) is 5.05. The number of likely N-dealkylation sites (tertiary alicyclic amines) is 1. The highest BCUT2D eigenvalue weighted by molar-refractivity contribution is 5.80. The van der Waals surface area contributed by atoms with E-state index in [0.717, 1.165) is 0 Å². The summed E-state index contributed by atoms with van der Waals surface area (Å²) in [6, 6.07) is 9.86. The van der Waals surface area contributed by atoms with Crippen LogP contribution in [0.3, 0.4) is 0 Å². The van der Waals surface area contributed by atoms with Gasteiger partial charge in [-0.3, -0.25) is 0 Å². The zero-order chi connectivity index (χ0) is 17.2. The number of nitrogens with one attached hydrogen (secondary N) is 1. The lowest BCUT2D eigenvalue weighted by atomic mass is 9.93. The summed E-state index contributed by atoms with van der Waals surface area (Å²) in [4.78, 5) is 25.0. The summed E-state index contributed by atoms with van der Waals surface area (Å²) < 4.78 is 0. The molecule has 0 bridgehead atoms. The Morgan fingerprint density at radius 3 is 2.62 bits per heavy atom. The number of aliphatic hydroxyl groups is 1. The molecule has 2 fully saturated rings. The third-order valence-corrected chi connectivity index (χ3v) is 5.05. The van der Waals surface area contributed by atoms with Crippen LogP contribution >= 0.6 is 0 Å². The number of benzene rings is 1. The molecular weight excluding hydrogens is 308 g/mol. The van der Waals surface area contributed by atoms with Gasteiger partial charge in [0.25, 0.3) is 0 Å². The summed E-state index contributed by atoms with van der Waals surface area (Å²) in [7, 11) is 0. The Morgan fingerprint density at radius 1 is 1.29 bits per heavy atom. The maximum Gasteiger partial charge on any atom is 0.337 e. The van der Waals surface area contributed by atoms with Gasteiger partial charge in [0, 0.05) is 19.0 Å². The van der Waals surface area contributed by atoms with E-state index in [4.69, 9.17) is 5.11 Å². The average molecular weight is 332 g/mol. The summed E-state index contributed by atoms with van der Waals surface area (Å²) in [5, 5.41) is 22.2. The molecule has 2 atom stereocenters. The normalized spacial score (nSPS) is 25.1. The Labute approximate surface area is 141 Å². The Kier molecular flexibility index (Phi) is 4.76. The summed E-state index contributed by atoms with van der Waals surface area (Å²) in [5.74, 6) is -0.372. The summed E-state index contributed by atoms with van der Waals surface area (Å²) in [5.41, 5.74) is -0.605. The molecule has 0 radical (unpaired) electrons. The van der Waals surface area contributed by atoms with Gasteiger partial charge in [-0.15, -0.1) is 0 Å². The minimum Gasteiger partial charge on any atom is -0.479 e. The van der Waals surface area contributed by atoms with Gasteiger partial charge in [-0.2, -0.15) is 0 Å². The predicted molar refractivity (Wildman–Crippen MR) is 88.7 cm³/mol. The minimum atomic E-state index is -1.83. The monoisotopic (exact) mass is 332 g/mol. The molecule has 1 saturated heterocycles. The number of hydrogen-bond acceptors (Lipinski definition) is 3. The Morgan fingerprint density at radius 2 is 2.00 bits per heavy atom. The zero-order valence-corrected chi connectivity index (χ0v) is 13.6. The molecule has 0 spiro atoms. The van der Waals surface area contributed by atoms with Crippen LogP contribution in [-0.2, 0) is 4.79 Å². The molecule has 24 heavy (non-hydrogen) atoms. The van der Waals surface area contributed by atoms with E-state index in [1.54, 1.807) is 0 Å². The number of carboxylic acid groups (broad SMARTS) is 1. The van der Waals surface area contributed by atoms with Gasteiger partial charge in [0.2, 0.25) is 0 Å². The molecule has 1 aliphatic carbocycles. The minimum absolute atomic E-state index is 0.159. The molecule has 3 rings (SSSR count). The van der Waals surface area contributed by atoms with Gasteiger partial charge in [0.1, 0.15) is 0 Å². The lowest BCUT2D eigenvalue weighted by Gasteiger charge is -2.36. The molecule has 1 aromatic rings. The molecule has 1 saturated carbocycles. The van der Waals surface area contributed by atoms with E-state index in [1.807, 2.05) is 18.2 Å². The molecule has 3 N–H and O–H groups in total. The Balaban J connectivity index is 1.59. The largest absolute Gasteiger partial charge is 0.479 e. The number of carboxylic acids is 1. The van der Waals surface area contributed by atoms with Gasteiger partial charge < -0.3 is 20.4 Å². The van der Waals surface area contributed by atoms with Crippen LogP contribution < -0.4 is 5.32 Å². The fourth-order valence-electron chi connectivity index (χ4n) is 3.45. The molecule has 6 nitrogen and oxygen atoms in total. The van der Waals surface area contributed by atoms with Crippen LogP contribution in [0.5, 0.6) is 0 Å². The number of aliphatic carboxylic acids is 1. The molecular formula is C18H24N2O4. The molecule has 2 unspecified atom stereocenters. The van der Waals surface area contributed by atoms with Crippen LogP contribution in [0.4, 0.5) is 4.79 Å². The van der Waals surface area contributed by atoms with Crippen LogP contribution in [0.15, 0.2) is 30.3 Å². The van der Waals surface area contributed by atoms with Crippen LogP contribution in [0.2, 0.25) is 0 Å². The van der Waals surface area contributed by atoms with Gasteiger partial charge in [-0.1, -0.05) is 30.3 Å². The Hall–Kier alpha value is -2.08. The first-order valence-electron chi connectivity index (χ1n) is 8.53. The standard InChI is InChI=1S/C18H24N2O4/c21-16(22)18(24)9-4-10-20(12-18)17(23)19-11-15(14-7-8-14)13-5-2-1-3-6-13/h1-3,5-6,14-15,24H,4,7-12H2,(H,19,23)(H,21,22). The lowest BCUT2D eigenvalue weighted by Crippen LogP contribution is -2.56. The van der Waals surface area contributed by atoms with E-state index in [2.05, 4.69) is 17.4 Å². The van der Waals surface area contributed by atoms with Gasteiger partial charge in [0.15, 0.2) is 5.60 Å². The molecule has 130 valence electrons. The average Bonchev–Trinajstić information content (AvgIpc) is 3.41. The first-order valence-corrected chi connectivity index (χ1v) is 8.53. The highest BCUT2D eigenvalue weighted by Gasteiger charge is 2.42. The summed E-state index contributed by atoms with van der Waals surface area (Å²) in [6.07, 6.45) is 3.03. The van der Waals surface area contributed by atoms with Crippen molar-refractivity contribution in [3.8, 4) is 0 Å². The maximum atomic E-state index is 12.4. The van der Waals surface area contributed by atoms with E-state index in [9.17, 15) is 14.7 Å². The lowest BCUT2D eigenvalue weighted by molar-refractivity contribution is -0.162. The molecule has 2 amide bonds. The second-order valence-corrected chi connectivity index (χ2v) is 6.90. The second kappa shape index (κ2) is 6.81. The van der Waals surface area contributed by atoms with Crippen molar-refractivity contribution in [2.75, 3.05) is 19.6 Å². The highest BCUT2D eigenvalue weighted by Crippen LogP contribution is 2.42. The number of amides is 2. The van der Waals surface area contributed by atoms with Crippen molar-refractivity contribution >= 4 is 12.0 Å². The van der Waals surface area contributed by atoms with Crippen molar-refractivity contribution in [3.05, 3.63) is 35.9 Å². The van der Waals surface area contributed by atoms with Crippen molar-refractivity contribution in [3.63, 3.8) is 0 Å². The smallest absolute Gasteiger partial charge is 0.337 e. The number of β-amino-alcohol motifs (C(OH)–C–C–N with tert-alkyl or cyclic N) is 1. The SMILES string of the molecule is O=C(NCC(c1ccccc1)C1CC1)N1CCCC(O)(C(=O)O)C1. The quantitative estimate of drug-likeness (QED) is 0.767. The van der Waals surface area contributed by atoms with Crippen LogP contribution in [-0.4, -0.2) is 52.3 Å². The fraction of sp³-hybridized carbons (Fsp3) is 0.556. The van der Waals surface area contributed by atoms with Gasteiger partial charge in [-0.25, -0.2) is 9.59 Å². The maximum absolute atomic E-state index is 12.4. The first-order chi connectivity index (χ1) is 11.5. The van der Waals surface area contributed by atoms with Crippen LogP contribution in [0, 0.1) is 5.92 Å². The van der Waals surface area contributed by atoms with E-state index >= 15 is 0 Å². The van der Waals surface area contributed by atoms with Crippen LogP contribution in [0.25, 0.3) is 0 Å². The third kappa shape index (κ3) is 3.70. The summed E-state index contributed by atoms with van der Waals surface area (Å²) >= 11 is 0. The highest BCUT2D eigenvalue weighted by atomic mass is 16.4. The number of nitrogens with zero attached hydrogens (tertiary/aromatic N) is 1. The number of carbonyl (C=O) groups is 2. The first kappa shape index (κ1) is 16.8. The second-order valence-electron chi connectivity index (χ2n) is 6.90. The van der Waals surface area contributed by atoms with E-state index in [0.29, 0.717) is 31.3 Å². The molecule has 1 aliphatic heterocycles. The predicted octanol–water partition coefficient (Wildman–Crippen LogP) is 1.80. The van der Waals surface area contributed by atoms with Crippen molar-refractivity contribution < 1.29 is 19.8 Å². The molecule has 6 heteroatoms. The number of rotatable bonds is 5. The van der Waals surface area contributed by atoms with E-state index < -0.39 is 11.6 Å². The number of carbonyl (C=O) groups excluding carboxylic acids is 1. The number of hydrogen-bond donors (Lipinski definition) is 3. The van der Waals surface area contributed by atoms with E-state index in [1.165, 1.54) is 23.3 Å². The van der Waals surface area contributed by atoms with Crippen molar-refractivity contribution in [2.24, 2.45) is 5.92 Å². The van der Waals surface area contributed by atoms with Crippen LogP contribution in [0.1, 0.15) is 37.2 Å². The number of piperidine rings is 1. The molecule has 1 heterocycles. The number of urea groups is 1. The fourth-order valence-corrected chi connectivity index (χ4v) is 3.45. The van der Waals surface area contributed by atoms with Gasteiger partial charge in [0.05, 0.1) is 6.54 Å². The van der Waals surface area contributed by atoms with Crippen molar-refractivity contribution in [1.29, 1.82) is 0 Å². The van der Waals surface area contributed by atoms with Crippen molar-refractivity contribution in [1.82, 2.24) is 10.2 Å².